The third-order valence-electron chi connectivity index (χ3n) is 8.23. The van der Waals surface area contributed by atoms with Gasteiger partial charge < -0.3 is 8.94 Å². The van der Waals surface area contributed by atoms with Crippen LogP contribution in [0.5, 0.6) is 0 Å². The van der Waals surface area contributed by atoms with Gasteiger partial charge in [0.05, 0.1) is 17.6 Å². The van der Waals surface area contributed by atoms with Crippen LogP contribution >= 0.6 is 0 Å². The molecule has 5 heterocycles. The summed E-state index contributed by atoms with van der Waals surface area (Å²) in [6, 6.07) is 8.12. The average Bonchev–Trinajstić information content (AvgIpc) is 3.85. The van der Waals surface area contributed by atoms with Crippen LogP contribution in [0.15, 0.2) is 58.0 Å². The number of nitrogens with zero attached hydrogens (tertiary/aromatic N) is 8. The standard InChI is InChI=1S/2C10H16N2.C9H15NO.C9H13N.C8H14N2O/c1-7(2)9-5-11-6-10(12-9)8(3)4;1-7(2)9-5-6-11-10(12-9)8(3)4;1-6(2)8-5-10-9(11-8)7(3)4;1-7(2)9-6-4-5-8(3)10-9;1-5(2)7-9-8(6(3)4)11-10-7/h2*5-8H,1-4H3;5-7H,1-4H3;4-7H,1-3H3;5-6H,1-4H3. The van der Waals surface area contributed by atoms with Gasteiger partial charge in [-0.05, 0) is 48.8 Å². The zero-order valence-corrected chi connectivity index (χ0v) is 38.2. The predicted octanol–water partition coefficient (Wildman–Crippen LogP) is 13.2. The van der Waals surface area contributed by atoms with Crippen molar-refractivity contribution in [3.05, 3.63) is 107 Å². The van der Waals surface area contributed by atoms with Crippen LogP contribution in [0.4, 0.5) is 0 Å². The second-order valence-corrected chi connectivity index (χ2v) is 16.9. The number of pyridine rings is 1. The van der Waals surface area contributed by atoms with Crippen LogP contribution in [0, 0.1) is 6.92 Å². The van der Waals surface area contributed by atoms with E-state index in [0.717, 1.165) is 52.0 Å². The number of aromatic nitrogens is 8. The molecule has 5 rings (SSSR count). The summed E-state index contributed by atoms with van der Waals surface area (Å²) in [5.74, 6) is 8.20. The molecule has 10 nitrogen and oxygen atoms in total. The number of rotatable bonds is 9. The Morgan fingerprint density at radius 3 is 1.30 bits per heavy atom. The van der Waals surface area contributed by atoms with Gasteiger partial charge in [-0.15, -0.1) is 0 Å². The monoisotopic (exact) mass is 771 g/mol. The first kappa shape index (κ1) is 49.7. The Bertz CT molecular complexity index is 1590. The fourth-order valence-electron chi connectivity index (χ4n) is 4.38. The lowest BCUT2D eigenvalue weighted by Gasteiger charge is -2.07. The Balaban J connectivity index is 0.000000350. The van der Waals surface area contributed by atoms with Crippen molar-refractivity contribution >= 4 is 0 Å². The van der Waals surface area contributed by atoms with Crippen LogP contribution in [0.25, 0.3) is 0 Å². The van der Waals surface area contributed by atoms with E-state index in [1.54, 1.807) is 0 Å². The van der Waals surface area contributed by atoms with Gasteiger partial charge in [-0.3, -0.25) is 15.0 Å². The summed E-state index contributed by atoms with van der Waals surface area (Å²) in [7, 11) is 0. The molecule has 0 aliphatic heterocycles. The third kappa shape index (κ3) is 18.5. The van der Waals surface area contributed by atoms with Crippen molar-refractivity contribution in [1.82, 2.24) is 40.0 Å². The van der Waals surface area contributed by atoms with E-state index >= 15 is 0 Å². The van der Waals surface area contributed by atoms with Crippen molar-refractivity contribution in [2.24, 2.45) is 0 Å². The van der Waals surface area contributed by atoms with Crippen molar-refractivity contribution in [3.63, 3.8) is 0 Å². The van der Waals surface area contributed by atoms with E-state index in [1.165, 1.54) is 5.69 Å². The largest absolute Gasteiger partial charge is 0.445 e. The summed E-state index contributed by atoms with van der Waals surface area (Å²) in [5.41, 5.74) is 5.59. The zero-order valence-electron chi connectivity index (χ0n) is 38.2. The van der Waals surface area contributed by atoms with Gasteiger partial charge >= 0.3 is 0 Å². The van der Waals surface area contributed by atoms with Crippen molar-refractivity contribution in [2.75, 3.05) is 0 Å². The molecule has 0 radical (unpaired) electrons. The van der Waals surface area contributed by atoms with Gasteiger partial charge in [-0.25, -0.2) is 15.0 Å². The third-order valence-corrected chi connectivity index (χ3v) is 8.23. The molecule has 0 amide bonds. The molecule has 56 heavy (non-hydrogen) atoms. The van der Waals surface area contributed by atoms with Crippen molar-refractivity contribution in [2.45, 2.75) is 185 Å². The highest BCUT2D eigenvalue weighted by atomic mass is 16.5. The molecule has 0 saturated carbocycles. The molecule has 0 N–H and O–H groups in total. The van der Waals surface area contributed by atoms with Crippen molar-refractivity contribution < 1.29 is 8.94 Å². The van der Waals surface area contributed by atoms with Gasteiger partial charge in [-0.1, -0.05) is 136 Å². The second kappa shape index (κ2) is 25.0. The van der Waals surface area contributed by atoms with Crippen LogP contribution in [0.2, 0.25) is 0 Å². The molecular formula is C46H74N8O2. The molecule has 0 aromatic carbocycles. The fourth-order valence-corrected chi connectivity index (χ4v) is 4.38. The molecule has 0 saturated heterocycles. The Labute approximate surface area is 339 Å². The molecule has 0 bridgehead atoms. The van der Waals surface area contributed by atoms with E-state index < -0.39 is 0 Å². The molecule has 0 atom stereocenters. The summed E-state index contributed by atoms with van der Waals surface area (Å²) >= 11 is 0. The molecule has 310 valence electrons. The lowest BCUT2D eigenvalue weighted by atomic mass is 10.1. The van der Waals surface area contributed by atoms with Gasteiger partial charge in [0.2, 0.25) is 5.89 Å². The fraction of sp³-hybridized carbons (Fsp3) is 0.609. The highest BCUT2D eigenvalue weighted by Gasteiger charge is 2.12. The molecule has 0 spiro atoms. The highest BCUT2D eigenvalue weighted by Crippen LogP contribution is 2.20. The molecule has 0 aliphatic carbocycles. The van der Waals surface area contributed by atoms with E-state index in [2.05, 4.69) is 163 Å². The van der Waals surface area contributed by atoms with Gasteiger partial charge in [-0.2, -0.15) is 4.98 Å². The Morgan fingerprint density at radius 2 is 0.946 bits per heavy atom. The van der Waals surface area contributed by atoms with Crippen LogP contribution in [-0.4, -0.2) is 40.0 Å². The number of aryl methyl sites for hydroxylation is 1. The van der Waals surface area contributed by atoms with Crippen molar-refractivity contribution in [3.8, 4) is 0 Å². The van der Waals surface area contributed by atoms with Crippen LogP contribution in [-0.2, 0) is 0 Å². The number of hydrogen-bond donors (Lipinski definition) is 0. The molecule has 0 aliphatic rings. The average molecular weight is 771 g/mol. The first-order valence-electron chi connectivity index (χ1n) is 20.5. The summed E-state index contributed by atoms with van der Waals surface area (Å²) in [6.07, 6.45) is 7.35. The summed E-state index contributed by atoms with van der Waals surface area (Å²) < 4.78 is 10.5. The van der Waals surface area contributed by atoms with E-state index in [9.17, 15) is 0 Å². The zero-order chi connectivity index (χ0) is 42.7. The van der Waals surface area contributed by atoms with Gasteiger partial charge in [0.25, 0.3) is 0 Å². The maximum absolute atomic E-state index is 5.50. The smallest absolute Gasteiger partial charge is 0.229 e. The Hall–Kier alpha value is -4.34. The molecule has 5 aromatic heterocycles. The predicted molar refractivity (Wildman–Crippen MR) is 231 cm³/mol. The SMILES string of the molecule is CC(C)c1ccnc(C(C)C)n1.CC(C)c1cnc(C(C)C)o1.CC(C)c1cncc(C(C)C)n1.CC(C)c1noc(C(C)C)n1.Cc1cccc(C(C)C)n1. The van der Waals surface area contributed by atoms with Crippen LogP contribution in [0.1, 0.15) is 236 Å². The minimum Gasteiger partial charge on any atom is -0.445 e. The molecule has 0 fully saturated rings. The van der Waals surface area contributed by atoms with E-state index in [-0.39, 0.29) is 0 Å². The first-order chi connectivity index (χ1) is 26.1. The summed E-state index contributed by atoms with van der Waals surface area (Å²) in [4.78, 5) is 30.1. The lowest BCUT2D eigenvalue weighted by Crippen LogP contribution is -2.01. The van der Waals surface area contributed by atoms with E-state index in [1.807, 2.05) is 57.7 Å². The quantitative estimate of drug-likeness (QED) is 0.143. The molecule has 0 unspecified atom stereocenters. The highest BCUT2D eigenvalue weighted by molar-refractivity contribution is 5.13. The molecule has 10 heteroatoms. The van der Waals surface area contributed by atoms with Crippen molar-refractivity contribution in [1.29, 1.82) is 0 Å². The van der Waals surface area contributed by atoms with E-state index in [4.69, 9.17) is 8.94 Å². The Kier molecular flexibility index (Phi) is 22.2. The van der Waals surface area contributed by atoms with E-state index in [0.29, 0.717) is 53.3 Å². The Morgan fingerprint density at radius 1 is 0.429 bits per heavy atom. The maximum Gasteiger partial charge on any atom is 0.229 e. The lowest BCUT2D eigenvalue weighted by molar-refractivity contribution is 0.359. The number of oxazole rings is 1. The maximum atomic E-state index is 5.50. The normalized spacial score (nSPS) is 11.1. The summed E-state index contributed by atoms with van der Waals surface area (Å²) in [6.45, 7) is 39.9. The second-order valence-electron chi connectivity index (χ2n) is 16.9. The van der Waals surface area contributed by atoms with Crippen LogP contribution < -0.4 is 0 Å². The topological polar surface area (TPSA) is 129 Å². The van der Waals surface area contributed by atoms with Gasteiger partial charge in [0.15, 0.2) is 11.7 Å². The van der Waals surface area contributed by atoms with Crippen LogP contribution in [0.3, 0.4) is 0 Å². The first-order valence-corrected chi connectivity index (χ1v) is 20.5. The minimum atomic E-state index is 0.329. The molecule has 5 aromatic rings. The van der Waals surface area contributed by atoms with Gasteiger partial charge in [0, 0.05) is 65.3 Å². The number of hydrogen-bond acceptors (Lipinski definition) is 10. The molecular weight excluding hydrogens is 697 g/mol. The van der Waals surface area contributed by atoms with Gasteiger partial charge in [0.1, 0.15) is 11.6 Å². The summed E-state index contributed by atoms with van der Waals surface area (Å²) in [5, 5.41) is 3.85. The minimum absolute atomic E-state index is 0.329.